The molecule has 0 fully saturated rings. The van der Waals surface area contributed by atoms with E-state index in [1.807, 2.05) is 0 Å². The van der Waals surface area contributed by atoms with E-state index < -0.39 is 5.60 Å². The molecule has 1 N–H and O–H groups in total. The Balaban J connectivity index is -0.00000000800. The summed E-state index contributed by atoms with van der Waals surface area (Å²) in [6, 6.07) is 0. The van der Waals surface area contributed by atoms with Crippen molar-refractivity contribution in [1.82, 2.24) is 0 Å². The maximum atomic E-state index is 8.52. The quantitative estimate of drug-likeness (QED) is 0.672. The van der Waals surface area contributed by atoms with Gasteiger partial charge in [0, 0.05) is 0 Å². The van der Waals surface area contributed by atoms with E-state index in [9.17, 15) is 0 Å². The third kappa shape index (κ3) is 2450. The summed E-state index contributed by atoms with van der Waals surface area (Å²) >= 11 is 0. The molecule has 0 aromatic carbocycles. The van der Waals surface area contributed by atoms with Crippen LogP contribution in [0.1, 0.15) is 20.8 Å². The summed E-state index contributed by atoms with van der Waals surface area (Å²) < 4.78 is 0. The van der Waals surface area contributed by atoms with Crippen LogP contribution < -0.4 is 0 Å². The van der Waals surface area contributed by atoms with E-state index in [-0.39, 0.29) is 41.7 Å². The van der Waals surface area contributed by atoms with Crippen LogP contribution in [0.15, 0.2) is 0 Å². The van der Waals surface area contributed by atoms with Gasteiger partial charge in [-0.05, 0) is 20.8 Å². The van der Waals surface area contributed by atoms with Gasteiger partial charge in [-0.1, -0.05) is 0 Å². The Morgan fingerprint density at radius 3 is 0.800 bits per heavy atom. The Labute approximate surface area is 73.7 Å². The minimum atomic E-state index is -0.500. The zero-order chi connectivity index (χ0) is 4.50. The minimum absolute atomic E-state index is 0. The van der Waals surface area contributed by atoms with Gasteiger partial charge < -0.3 is 27.0 Å². The van der Waals surface area contributed by atoms with Crippen molar-refractivity contribution in [3.63, 3.8) is 0 Å². The fourth-order valence-electron chi connectivity index (χ4n) is 0. The van der Waals surface area contributed by atoms with Crippen molar-refractivity contribution in [2.24, 2.45) is 0 Å². The molecule has 0 unspecified atom stereocenters. The first kappa shape index (κ1) is 47.2. The largest absolute Gasteiger partial charge is 8.00 e. The first-order valence-electron chi connectivity index (χ1n) is 1.72. The summed E-state index contributed by atoms with van der Waals surface area (Å²) in [6.45, 7) is 5.23. The minimum Gasteiger partial charge on any atom is -2.00 e. The van der Waals surface area contributed by atoms with Crippen molar-refractivity contribution < 1.29 is 46.8 Å². The Morgan fingerprint density at radius 2 is 0.800 bits per heavy atom. The van der Waals surface area contributed by atoms with Crippen LogP contribution in [0.5, 0.6) is 0 Å². The van der Waals surface area contributed by atoms with Crippen LogP contribution in [-0.2, 0) is 41.7 Å². The molecule has 0 bridgehead atoms. The van der Waals surface area contributed by atoms with Crippen LogP contribution in [0, 0.1) is 0 Å². The van der Waals surface area contributed by atoms with Gasteiger partial charge in [0.05, 0.1) is 5.60 Å². The molecule has 0 spiro atoms. The molecular formula is C4H10O5Os. The average molecular weight is 328 g/mol. The van der Waals surface area contributed by atoms with E-state index in [0.29, 0.717) is 0 Å². The van der Waals surface area contributed by atoms with E-state index in [0.717, 1.165) is 0 Å². The molecule has 0 aliphatic rings. The summed E-state index contributed by atoms with van der Waals surface area (Å²) in [6.07, 6.45) is 0. The van der Waals surface area contributed by atoms with Crippen LogP contribution in [0.25, 0.3) is 0 Å². The molecular weight excluding hydrogens is 318 g/mol. The van der Waals surface area contributed by atoms with Crippen molar-refractivity contribution in [1.29, 1.82) is 0 Å². The third-order valence-electron chi connectivity index (χ3n) is 0. The van der Waals surface area contributed by atoms with Gasteiger partial charge in [-0.2, -0.15) is 0 Å². The number of hydrogen-bond donors (Lipinski definition) is 1. The number of rotatable bonds is 0. The molecule has 10 heavy (non-hydrogen) atoms. The predicted molar refractivity (Wildman–Crippen MR) is 24.7 cm³/mol. The van der Waals surface area contributed by atoms with Gasteiger partial charge in [0.1, 0.15) is 0 Å². The zero-order valence-electron chi connectivity index (χ0n) is 5.93. The van der Waals surface area contributed by atoms with Crippen LogP contribution >= 0.6 is 0 Å². The molecule has 0 saturated heterocycles. The van der Waals surface area contributed by atoms with Crippen molar-refractivity contribution in [3.05, 3.63) is 0 Å². The second-order valence-electron chi connectivity index (χ2n) is 2.17. The molecule has 0 amide bonds. The van der Waals surface area contributed by atoms with E-state index in [1.165, 1.54) is 0 Å². The summed E-state index contributed by atoms with van der Waals surface area (Å²) in [7, 11) is 0. The van der Waals surface area contributed by atoms with Gasteiger partial charge in [-0.25, -0.2) is 0 Å². The Bertz CT molecular complexity index is 29.1. The Morgan fingerprint density at radius 1 is 0.800 bits per heavy atom. The monoisotopic (exact) mass is 330 g/mol. The normalized spacial score (nSPS) is 6.00. The molecule has 0 aliphatic heterocycles. The molecule has 0 radical (unpaired) electrons. The van der Waals surface area contributed by atoms with Crippen LogP contribution in [0.3, 0.4) is 0 Å². The van der Waals surface area contributed by atoms with Crippen LogP contribution in [0.2, 0.25) is 0 Å². The van der Waals surface area contributed by atoms with Gasteiger partial charge in [0.25, 0.3) is 0 Å². The number of aliphatic hydroxyl groups is 1. The maximum Gasteiger partial charge on any atom is 8.00 e. The molecule has 0 heterocycles. The molecule has 0 aromatic heterocycles. The fourth-order valence-corrected chi connectivity index (χ4v) is 0. The summed E-state index contributed by atoms with van der Waals surface area (Å²) in [5.41, 5.74) is -0.500. The standard InChI is InChI=1S/C4H10O.4O.Os/c1-4(2,3)5;;;;;/h5H,1-3H3;;;;;/q;4*-2;+8. The molecule has 6 heteroatoms. The van der Waals surface area contributed by atoms with E-state index >= 15 is 0 Å². The van der Waals surface area contributed by atoms with Crippen LogP contribution in [0.4, 0.5) is 0 Å². The maximum absolute atomic E-state index is 8.52. The summed E-state index contributed by atoms with van der Waals surface area (Å²) in [4.78, 5) is 0. The molecule has 0 aliphatic carbocycles. The molecule has 5 nitrogen and oxygen atoms in total. The second kappa shape index (κ2) is 16.2. The average Bonchev–Trinajstić information content (AvgIpc) is 0.722. The molecule has 0 atom stereocenters. The topological polar surface area (TPSA) is 134 Å². The van der Waals surface area contributed by atoms with E-state index in [4.69, 9.17) is 5.11 Å². The number of hydrogen-bond acceptors (Lipinski definition) is 1. The summed E-state index contributed by atoms with van der Waals surface area (Å²) in [5, 5.41) is 8.52. The van der Waals surface area contributed by atoms with Crippen molar-refractivity contribution in [2.75, 3.05) is 0 Å². The van der Waals surface area contributed by atoms with E-state index in [2.05, 4.69) is 0 Å². The van der Waals surface area contributed by atoms with Gasteiger partial charge >= 0.3 is 19.8 Å². The van der Waals surface area contributed by atoms with Gasteiger partial charge in [0.15, 0.2) is 0 Å². The van der Waals surface area contributed by atoms with E-state index in [1.54, 1.807) is 20.8 Å². The SMILES string of the molecule is CC(C)(C)O.[O-2].[O-2].[O-2].[O-2].[Os+8]. The zero-order valence-corrected chi connectivity index (χ0v) is 8.47. The predicted octanol–water partition coefficient (Wildman–Crippen LogP) is 0.300. The van der Waals surface area contributed by atoms with Crippen LogP contribution in [-0.4, -0.2) is 10.7 Å². The van der Waals surface area contributed by atoms with Gasteiger partial charge in [0.2, 0.25) is 0 Å². The molecule has 64 valence electrons. The van der Waals surface area contributed by atoms with Crippen molar-refractivity contribution >= 4 is 0 Å². The first-order chi connectivity index (χ1) is 2.00. The fraction of sp³-hybridized carbons (Fsp3) is 1.00. The molecule has 0 saturated carbocycles. The Kier molecular flexibility index (Phi) is 76.5. The molecule has 0 rings (SSSR count). The second-order valence-corrected chi connectivity index (χ2v) is 2.17. The van der Waals surface area contributed by atoms with Crippen molar-refractivity contribution in [2.45, 2.75) is 26.4 Å². The first-order valence-corrected chi connectivity index (χ1v) is 1.72. The van der Waals surface area contributed by atoms with Gasteiger partial charge in [-0.3, -0.25) is 0 Å². The van der Waals surface area contributed by atoms with Crippen molar-refractivity contribution in [3.8, 4) is 0 Å². The molecule has 0 aromatic rings. The summed E-state index contributed by atoms with van der Waals surface area (Å²) in [5.74, 6) is 0. The smallest absolute Gasteiger partial charge is 2.00 e. The third-order valence-corrected chi connectivity index (χ3v) is 0. The Hall–Kier alpha value is 0.436. The van der Waals surface area contributed by atoms with Gasteiger partial charge in [-0.15, -0.1) is 0 Å².